The topological polar surface area (TPSA) is 51.4 Å². The highest BCUT2D eigenvalue weighted by molar-refractivity contribution is 7.07. The Balaban J connectivity index is 2.16. The van der Waals surface area contributed by atoms with Gasteiger partial charge < -0.3 is 15.4 Å². The molecule has 0 spiro atoms. The van der Waals surface area contributed by atoms with Gasteiger partial charge in [0.05, 0.1) is 12.8 Å². The van der Waals surface area contributed by atoms with Crippen LogP contribution >= 0.6 is 11.3 Å². The number of nitrogens with zero attached hydrogens (tertiary/aromatic N) is 2. The fraction of sp³-hybridized carbons (Fsp3) is 0.250. The predicted molar refractivity (Wildman–Crippen MR) is 71.6 cm³/mol. The smallest absolute Gasteiger partial charge is 0.238 e. The molecule has 2 heterocycles. The summed E-state index contributed by atoms with van der Waals surface area (Å²) in [5.74, 6) is 1.32. The molecule has 2 aromatic rings. The summed E-state index contributed by atoms with van der Waals surface area (Å²) in [7, 11) is 3.57. The van der Waals surface area contributed by atoms with Crippen LogP contribution in [0.25, 0.3) is 0 Å². The van der Waals surface area contributed by atoms with E-state index in [-0.39, 0.29) is 0 Å². The van der Waals surface area contributed by atoms with Crippen molar-refractivity contribution in [3.8, 4) is 5.88 Å². The van der Waals surface area contributed by atoms with Crippen LogP contribution < -0.4 is 15.4 Å². The number of rotatable bonds is 4. The van der Waals surface area contributed by atoms with Crippen molar-refractivity contribution in [2.24, 2.45) is 0 Å². The maximum atomic E-state index is 5.73. The lowest BCUT2D eigenvalue weighted by molar-refractivity contribution is 0.400. The number of nitrogen functional groups attached to an aromatic ring is 1. The first-order valence-corrected chi connectivity index (χ1v) is 6.17. The van der Waals surface area contributed by atoms with Crippen LogP contribution in [0, 0.1) is 0 Å². The fourth-order valence-electron chi connectivity index (χ4n) is 1.56. The standard InChI is InChI=1S/C12H15N3OS/c1-15(7-9-5-6-17-8-9)11-4-3-10(13)12(14-11)16-2/h3-6,8H,7,13H2,1-2H3. The molecule has 0 atom stereocenters. The molecule has 4 nitrogen and oxygen atoms in total. The number of hydrogen-bond acceptors (Lipinski definition) is 5. The lowest BCUT2D eigenvalue weighted by atomic mass is 10.3. The van der Waals surface area contributed by atoms with Crippen molar-refractivity contribution >= 4 is 22.8 Å². The van der Waals surface area contributed by atoms with Crippen LogP contribution in [-0.4, -0.2) is 19.1 Å². The molecule has 0 aliphatic heterocycles. The van der Waals surface area contributed by atoms with Crippen molar-refractivity contribution < 1.29 is 4.74 Å². The third-order valence-electron chi connectivity index (χ3n) is 2.46. The van der Waals surface area contributed by atoms with E-state index in [0.717, 1.165) is 12.4 Å². The van der Waals surface area contributed by atoms with E-state index in [1.165, 1.54) is 5.56 Å². The van der Waals surface area contributed by atoms with E-state index in [0.29, 0.717) is 11.6 Å². The molecule has 0 fully saturated rings. The summed E-state index contributed by atoms with van der Waals surface area (Å²) in [4.78, 5) is 6.41. The highest BCUT2D eigenvalue weighted by Crippen LogP contribution is 2.23. The molecule has 90 valence electrons. The zero-order chi connectivity index (χ0) is 12.3. The van der Waals surface area contributed by atoms with E-state index in [9.17, 15) is 0 Å². The molecule has 0 aliphatic carbocycles. The molecule has 0 unspecified atom stereocenters. The lowest BCUT2D eigenvalue weighted by Crippen LogP contribution is -2.17. The minimum absolute atomic E-state index is 0.472. The molecular formula is C12H15N3OS. The molecule has 0 aliphatic rings. The largest absolute Gasteiger partial charge is 0.479 e. The molecule has 2 aromatic heterocycles. The third kappa shape index (κ3) is 2.68. The van der Waals surface area contributed by atoms with Gasteiger partial charge in [-0.3, -0.25) is 0 Å². The molecule has 0 radical (unpaired) electrons. The van der Waals surface area contributed by atoms with Gasteiger partial charge in [0.15, 0.2) is 0 Å². The van der Waals surface area contributed by atoms with Crippen LogP contribution in [0.1, 0.15) is 5.56 Å². The number of methoxy groups -OCH3 is 1. The van der Waals surface area contributed by atoms with Gasteiger partial charge in [0.1, 0.15) is 5.82 Å². The first-order chi connectivity index (χ1) is 8.20. The van der Waals surface area contributed by atoms with E-state index in [2.05, 4.69) is 26.7 Å². The Morgan fingerprint density at radius 3 is 2.88 bits per heavy atom. The molecule has 0 bridgehead atoms. The highest BCUT2D eigenvalue weighted by Gasteiger charge is 2.07. The minimum atomic E-state index is 0.472. The van der Waals surface area contributed by atoms with Gasteiger partial charge in [-0.25, -0.2) is 0 Å². The van der Waals surface area contributed by atoms with E-state index >= 15 is 0 Å². The molecule has 0 saturated carbocycles. The average Bonchev–Trinajstić information content (AvgIpc) is 2.82. The first-order valence-electron chi connectivity index (χ1n) is 5.23. The third-order valence-corrected chi connectivity index (χ3v) is 3.19. The summed E-state index contributed by atoms with van der Waals surface area (Å²) in [6.45, 7) is 0.823. The van der Waals surface area contributed by atoms with Gasteiger partial charge in [0.25, 0.3) is 0 Å². The maximum absolute atomic E-state index is 5.73. The zero-order valence-corrected chi connectivity index (χ0v) is 10.7. The van der Waals surface area contributed by atoms with E-state index in [1.54, 1.807) is 18.4 Å². The number of ether oxygens (including phenoxy) is 1. The molecule has 5 heteroatoms. The summed E-state index contributed by atoms with van der Waals surface area (Å²) in [6.07, 6.45) is 0. The van der Waals surface area contributed by atoms with Gasteiger partial charge in [-0.1, -0.05) is 0 Å². The van der Waals surface area contributed by atoms with E-state index in [4.69, 9.17) is 10.5 Å². The molecule has 2 N–H and O–H groups in total. The van der Waals surface area contributed by atoms with Gasteiger partial charge in [-0.05, 0) is 34.5 Å². The lowest BCUT2D eigenvalue weighted by Gasteiger charge is -2.18. The van der Waals surface area contributed by atoms with Crippen LogP contribution in [-0.2, 0) is 6.54 Å². The highest BCUT2D eigenvalue weighted by atomic mass is 32.1. The van der Waals surface area contributed by atoms with Gasteiger partial charge in [-0.15, -0.1) is 0 Å². The Morgan fingerprint density at radius 1 is 1.41 bits per heavy atom. The molecule has 0 amide bonds. The van der Waals surface area contributed by atoms with Gasteiger partial charge >= 0.3 is 0 Å². The van der Waals surface area contributed by atoms with Crippen molar-refractivity contribution in [3.63, 3.8) is 0 Å². The monoisotopic (exact) mass is 249 g/mol. The Hall–Kier alpha value is -1.75. The van der Waals surface area contributed by atoms with Crippen molar-refractivity contribution in [3.05, 3.63) is 34.5 Å². The van der Waals surface area contributed by atoms with Gasteiger partial charge in [0, 0.05) is 13.6 Å². The fourth-order valence-corrected chi connectivity index (χ4v) is 2.21. The quantitative estimate of drug-likeness (QED) is 0.903. The van der Waals surface area contributed by atoms with Crippen LogP contribution in [0.3, 0.4) is 0 Å². The summed E-state index contributed by atoms with van der Waals surface area (Å²) < 4.78 is 5.11. The first kappa shape index (κ1) is 11.7. The number of anilines is 2. The second-order valence-corrected chi connectivity index (χ2v) is 4.54. The molecule has 0 saturated heterocycles. The van der Waals surface area contributed by atoms with Crippen molar-refractivity contribution in [1.29, 1.82) is 0 Å². The average molecular weight is 249 g/mol. The maximum Gasteiger partial charge on any atom is 0.238 e. The normalized spacial score (nSPS) is 10.2. The second kappa shape index (κ2) is 5.05. The Morgan fingerprint density at radius 2 is 2.24 bits per heavy atom. The Kier molecular flexibility index (Phi) is 3.49. The molecular weight excluding hydrogens is 234 g/mol. The molecule has 2 rings (SSSR count). The van der Waals surface area contributed by atoms with Crippen LogP contribution in [0.5, 0.6) is 5.88 Å². The summed E-state index contributed by atoms with van der Waals surface area (Å²) >= 11 is 1.70. The van der Waals surface area contributed by atoms with E-state index in [1.807, 2.05) is 19.2 Å². The van der Waals surface area contributed by atoms with Gasteiger partial charge in [0.2, 0.25) is 5.88 Å². The van der Waals surface area contributed by atoms with Crippen molar-refractivity contribution in [2.45, 2.75) is 6.54 Å². The van der Waals surface area contributed by atoms with Crippen LogP contribution in [0.15, 0.2) is 29.0 Å². The number of hydrogen-bond donors (Lipinski definition) is 1. The van der Waals surface area contributed by atoms with Crippen LogP contribution in [0.2, 0.25) is 0 Å². The Bertz CT molecular complexity index is 485. The number of pyridine rings is 1. The number of nitrogens with two attached hydrogens (primary N) is 1. The summed E-state index contributed by atoms with van der Waals surface area (Å²) in [5, 5.41) is 4.20. The SMILES string of the molecule is COc1nc(N(C)Cc2ccsc2)ccc1N. The van der Waals surface area contributed by atoms with Crippen molar-refractivity contribution in [1.82, 2.24) is 4.98 Å². The number of thiophene rings is 1. The van der Waals surface area contributed by atoms with Crippen molar-refractivity contribution in [2.75, 3.05) is 24.8 Å². The summed E-state index contributed by atoms with van der Waals surface area (Å²) in [6, 6.07) is 5.81. The Labute approximate surface area is 105 Å². The summed E-state index contributed by atoms with van der Waals surface area (Å²) in [5.41, 5.74) is 7.56. The second-order valence-electron chi connectivity index (χ2n) is 3.76. The molecule has 17 heavy (non-hydrogen) atoms. The minimum Gasteiger partial charge on any atom is -0.479 e. The molecule has 0 aromatic carbocycles. The zero-order valence-electron chi connectivity index (χ0n) is 9.88. The number of aromatic nitrogens is 1. The van der Waals surface area contributed by atoms with E-state index < -0.39 is 0 Å². The van der Waals surface area contributed by atoms with Crippen LogP contribution in [0.4, 0.5) is 11.5 Å². The predicted octanol–water partition coefficient (Wildman–Crippen LogP) is 2.37. The van der Waals surface area contributed by atoms with Gasteiger partial charge in [-0.2, -0.15) is 16.3 Å².